The van der Waals surface area contributed by atoms with E-state index < -0.39 is 64.0 Å². The Morgan fingerprint density at radius 1 is 0.812 bits per heavy atom. The first-order chi connectivity index (χ1) is 15.0. The Morgan fingerprint density at radius 3 is 2.06 bits per heavy atom. The molecular weight excluding hydrogens is 448 g/mol. The highest BCUT2D eigenvalue weighted by Crippen LogP contribution is 2.37. The quantitative estimate of drug-likeness (QED) is 0.288. The Hall–Kier alpha value is -3.30. The number of rotatable bonds is 6. The SMILES string of the molecule is CC=CCOc1cc(F)c(-c2cc(F)c3c(F)c(OCC(F)(F)F)c(F)cc3c2)c(F)c1. The second-order valence-electron chi connectivity index (χ2n) is 6.60. The van der Waals surface area contributed by atoms with Crippen LogP contribution >= 0.6 is 0 Å². The maximum Gasteiger partial charge on any atom is 0.422 e. The zero-order valence-corrected chi connectivity index (χ0v) is 16.3. The Labute approximate surface area is 176 Å². The van der Waals surface area contributed by atoms with Gasteiger partial charge in [-0.25, -0.2) is 22.0 Å². The van der Waals surface area contributed by atoms with Crippen LogP contribution in [0.5, 0.6) is 11.5 Å². The van der Waals surface area contributed by atoms with Crippen molar-refractivity contribution in [3.63, 3.8) is 0 Å². The van der Waals surface area contributed by atoms with Crippen molar-refractivity contribution in [2.45, 2.75) is 13.1 Å². The third-order valence-corrected chi connectivity index (χ3v) is 4.31. The number of hydrogen-bond acceptors (Lipinski definition) is 2. The largest absolute Gasteiger partial charge is 0.489 e. The van der Waals surface area contributed by atoms with Gasteiger partial charge >= 0.3 is 6.18 Å². The minimum atomic E-state index is -4.88. The molecule has 0 unspecified atom stereocenters. The van der Waals surface area contributed by atoms with E-state index in [0.29, 0.717) is 12.1 Å². The molecule has 0 radical (unpaired) electrons. The normalized spacial score (nSPS) is 12.0. The zero-order valence-electron chi connectivity index (χ0n) is 16.3. The van der Waals surface area contributed by atoms with Gasteiger partial charge in [0.15, 0.2) is 24.0 Å². The summed E-state index contributed by atoms with van der Waals surface area (Å²) in [4.78, 5) is 0. The molecule has 0 aliphatic rings. The first-order valence-corrected chi connectivity index (χ1v) is 9.06. The lowest BCUT2D eigenvalue weighted by atomic mass is 9.99. The fourth-order valence-corrected chi connectivity index (χ4v) is 2.97. The molecule has 3 rings (SSSR count). The smallest absolute Gasteiger partial charge is 0.422 e. The maximum absolute atomic E-state index is 14.6. The molecule has 0 saturated heterocycles. The molecule has 0 heterocycles. The second-order valence-corrected chi connectivity index (χ2v) is 6.60. The number of halogens is 8. The molecule has 0 bridgehead atoms. The van der Waals surface area contributed by atoms with Crippen LogP contribution in [0.15, 0.2) is 42.5 Å². The van der Waals surface area contributed by atoms with Crippen LogP contribution in [0.4, 0.5) is 35.1 Å². The summed E-state index contributed by atoms with van der Waals surface area (Å²) >= 11 is 0. The van der Waals surface area contributed by atoms with Crippen LogP contribution in [0.1, 0.15) is 6.92 Å². The highest BCUT2D eigenvalue weighted by Gasteiger charge is 2.30. The van der Waals surface area contributed by atoms with E-state index in [4.69, 9.17) is 4.74 Å². The van der Waals surface area contributed by atoms with Gasteiger partial charge in [0.2, 0.25) is 0 Å². The van der Waals surface area contributed by atoms with E-state index in [2.05, 4.69) is 4.74 Å². The van der Waals surface area contributed by atoms with Crippen LogP contribution in [0.2, 0.25) is 0 Å². The van der Waals surface area contributed by atoms with Crippen molar-refractivity contribution in [3.8, 4) is 22.6 Å². The molecular formula is C22H14F8O2. The first-order valence-electron chi connectivity index (χ1n) is 9.06. The average molecular weight is 462 g/mol. The van der Waals surface area contributed by atoms with Crippen molar-refractivity contribution in [1.82, 2.24) is 0 Å². The van der Waals surface area contributed by atoms with Crippen LogP contribution < -0.4 is 9.47 Å². The average Bonchev–Trinajstić information content (AvgIpc) is 2.66. The summed E-state index contributed by atoms with van der Waals surface area (Å²) in [6, 6.07) is 3.72. The summed E-state index contributed by atoms with van der Waals surface area (Å²) in [5.41, 5.74) is -1.06. The van der Waals surface area contributed by atoms with Crippen LogP contribution in [0.3, 0.4) is 0 Å². The van der Waals surface area contributed by atoms with Crippen LogP contribution in [0.25, 0.3) is 21.9 Å². The molecule has 2 nitrogen and oxygen atoms in total. The van der Waals surface area contributed by atoms with Gasteiger partial charge in [-0.3, -0.25) is 0 Å². The van der Waals surface area contributed by atoms with Crippen molar-refractivity contribution >= 4 is 10.8 Å². The fourth-order valence-electron chi connectivity index (χ4n) is 2.97. The summed E-state index contributed by atoms with van der Waals surface area (Å²) in [5.74, 6) is -8.41. The molecule has 10 heteroatoms. The second kappa shape index (κ2) is 9.05. The van der Waals surface area contributed by atoms with Gasteiger partial charge in [0.1, 0.15) is 29.8 Å². The number of hydrogen-bond donors (Lipinski definition) is 0. The molecule has 0 spiro atoms. The van der Waals surface area contributed by atoms with Crippen molar-refractivity contribution in [2.75, 3.05) is 13.2 Å². The van der Waals surface area contributed by atoms with Gasteiger partial charge in [0.25, 0.3) is 0 Å². The van der Waals surface area contributed by atoms with E-state index in [1.165, 1.54) is 0 Å². The topological polar surface area (TPSA) is 18.5 Å². The molecule has 0 aliphatic heterocycles. The molecule has 0 N–H and O–H groups in total. The van der Waals surface area contributed by atoms with E-state index in [9.17, 15) is 35.1 Å². The Kier molecular flexibility index (Phi) is 6.61. The molecule has 0 atom stereocenters. The Morgan fingerprint density at radius 2 is 1.47 bits per heavy atom. The zero-order chi connectivity index (χ0) is 23.6. The third-order valence-electron chi connectivity index (χ3n) is 4.31. The summed E-state index contributed by atoms with van der Waals surface area (Å²) in [6.07, 6.45) is -1.62. The number of benzene rings is 3. The van der Waals surface area contributed by atoms with Crippen molar-refractivity contribution in [1.29, 1.82) is 0 Å². The summed E-state index contributed by atoms with van der Waals surface area (Å²) in [6.45, 7) is -0.222. The Balaban J connectivity index is 2.07. The number of alkyl halides is 3. The lowest BCUT2D eigenvalue weighted by Crippen LogP contribution is -2.20. The van der Waals surface area contributed by atoms with Crippen LogP contribution in [-0.4, -0.2) is 19.4 Å². The van der Waals surface area contributed by atoms with E-state index in [-0.39, 0.29) is 17.9 Å². The minimum Gasteiger partial charge on any atom is -0.489 e. The van der Waals surface area contributed by atoms with Crippen molar-refractivity contribution in [3.05, 3.63) is 71.6 Å². The molecule has 0 amide bonds. The predicted molar refractivity (Wildman–Crippen MR) is 101 cm³/mol. The fraction of sp³-hybridized carbons (Fsp3) is 0.182. The van der Waals surface area contributed by atoms with Crippen LogP contribution in [-0.2, 0) is 0 Å². The molecule has 3 aromatic rings. The monoisotopic (exact) mass is 462 g/mol. The standard InChI is InChI=1S/C22H14F8O2/c1-2-3-4-31-13-8-15(24)18(16(25)9-13)11-5-12-7-17(26)21(32-10-22(28,29)30)20(27)19(12)14(23)6-11/h2-3,5-9H,4,10H2,1H3. The van der Waals surface area contributed by atoms with Gasteiger partial charge in [0.05, 0.1) is 10.9 Å². The van der Waals surface area contributed by atoms with E-state index >= 15 is 0 Å². The first kappa shape index (κ1) is 23.4. The van der Waals surface area contributed by atoms with E-state index in [1.54, 1.807) is 19.1 Å². The molecule has 32 heavy (non-hydrogen) atoms. The molecule has 0 fully saturated rings. The summed E-state index contributed by atoms with van der Waals surface area (Å²) < 4.78 is 119. The predicted octanol–water partition coefficient (Wildman–Crippen LogP) is 7.10. The van der Waals surface area contributed by atoms with E-state index in [1.807, 2.05) is 0 Å². The maximum atomic E-state index is 14.6. The number of ether oxygens (including phenoxy) is 2. The number of fused-ring (bicyclic) bond motifs is 1. The van der Waals surface area contributed by atoms with Gasteiger partial charge < -0.3 is 9.47 Å². The molecule has 0 aliphatic carbocycles. The Bertz CT molecular complexity index is 1160. The number of allylic oxidation sites excluding steroid dienone is 1. The summed E-state index contributed by atoms with van der Waals surface area (Å²) in [7, 11) is 0. The molecule has 170 valence electrons. The van der Waals surface area contributed by atoms with Crippen molar-refractivity contribution in [2.24, 2.45) is 0 Å². The summed E-state index contributed by atoms with van der Waals surface area (Å²) in [5, 5.41) is -1.36. The van der Waals surface area contributed by atoms with Gasteiger partial charge in [-0.2, -0.15) is 13.2 Å². The highest BCUT2D eigenvalue weighted by atomic mass is 19.4. The molecule has 0 saturated carbocycles. The van der Waals surface area contributed by atoms with Gasteiger partial charge in [-0.1, -0.05) is 12.2 Å². The third kappa shape index (κ3) is 4.95. The molecule has 3 aromatic carbocycles. The van der Waals surface area contributed by atoms with Crippen LogP contribution in [0, 0.1) is 29.1 Å². The van der Waals surface area contributed by atoms with Crippen molar-refractivity contribution < 1.29 is 44.6 Å². The van der Waals surface area contributed by atoms with Gasteiger partial charge in [0, 0.05) is 12.1 Å². The lowest BCUT2D eigenvalue weighted by Gasteiger charge is -2.14. The van der Waals surface area contributed by atoms with Gasteiger partial charge in [-0.05, 0) is 36.1 Å². The molecule has 0 aromatic heterocycles. The lowest BCUT2D eigenvalue weighted by molar-refractivity contribution is -0.154. The minimum absolute atomic E-state index is 0.0522. The van der Waals surface area contributed by atoms with E-state index in [0.717, 1.165) is 18.2 Å². The highest BCUT2D eigenvalue weighted by molar-refractivity contribution is 5.90. The van der Waals surface area contributed by atoms with Gasteiger partial charge in [-0.15, -0.1) is 0 Å².